The highest BCUT2D eigenvalue weighted by Gasteiger charge is 2.10. The number of rotatable bonds is 6. The lowest BCUT2D eigenvalue weighted by molar-refractivity contribution is -0.384. The monoisotopic (exact) mass is 238 g/mol. The maximum atomic E-state index is 10.6. The predicted molar refractivity (Wildman–Crippen MR) is 67.6 cm³/mol. The fraction of sp³-hybridized carbons (Fsp3) is 0.500. The Bertz CT molecular complexity index is 391. The standard InChI is InChI=1S/C12H18N2O3/c1-9(2)6-7-13-11-5-4-10(14(15)16)8-12(11)17-3/h4-5,8-9,13H,6-7H2,1-3H3. The molecule has 0 radical (unpaired) electrons. The molecule has 0 atom stereocenters. The number of ether oxygens (including phenoxy) is 1. The van der Waals surface area contributed by atoms with Crippen molar-refractivity contribution in [3.8, 4) is 5.75 Å². The van der Waals surface area contributed by atoms with Gasteiger partial charge in [-0.15, -0.1) is 0 Å². The molecular formula is C12H18N2O3. The van der Waals surface area contributed by atoms with E-state index in [1.54, 1.807) is 6.07 Å². The summed E-state index contributed by atoms with van der Waals surface area (Å²) in [6.07, 6.45) is 1.04. The molecule has 1 rings (SSSR count). The lowest BCUT2D eigenvalue weighted by Crippen LogP contribution is -2.06. The fourth-order valence-corrected chi connectivity index (χ4v) is 1.44. The Balaban J connectivity index is 2.75. The molecule has 0 aliphatic heterocycles. The van der Waals surface area contributed by atoms with Crippen molar-refractivity contribution in [1.82, 2.24) is 0 Å². The second kappa shape index (κ2) is 6.08. The van der Waals surface area contributed by atoms with E-state index in [1.165, 1.54) is 19.2 Å². The topological polar surface area (TPSA) is 64.4 Å². The third-order valence-electron chi connectivity index (χ3n) is 2.43. The van der Waals surface area contributed by atoms with E-state index in [0.717, 1.165) is 18.7 Å². The first kappa shape index (κ1) is 13.3. The molecule has 1 aromatic rings. The fourth-order valence-electron chi connectivity index (χ4n) is 1.44. The lowest BCUT2D eigenvalue weighted by Gasteiger charge is -2.11. The van der Waals surface area contributed by atoms with Crippen LogP contribution in [0.2, 0.25) is 0 Å². The first-order valence-electron chi connectivity index (χ1n) is 5.61. The second-order valence-electron chi connectivity index (χ2n) is 4.25. The van der Waals surface area contributed by atoms with Crippen LogP contribution >= 0.6 is 0 Å². The Morgan fingerprint density at radius 3 is 2.71 bits per heavy atom. The van der Waals surface area contributed by atoms with Crippen LogP contribution in [0, 0.1) is 16.0 Å². The summed E-state index contributed by atoms with van der Waals surface area (Å²) in [5.41, 5.74) is 0.829. The summed E-state index contributed by atoms with van der Waals surface area (Å²) in [6.45, 7) is 5.12. The lowest BCUT2D eigenvalue weighted by atomic mass is 10.1. The maximum absolute atomic E-state index is 10.6. The van der Waals surface area contributed by atoms with Crippen molar-refractivity contribution in [3.05, 3.63) is 28.3 Å². The van der Waals surface area contributed by atoms with Crippen LogP contribution in [0.15, 0.2) is 18.2 Å². The number of non-ortho nitro benzene ring substituents is 1. The van der Waals surface area contributed by atoms with Crippen molar-refractivity contribution >= 4 is 11.4 Å². The molecule has 0 aliphatic rings. The molecule has 94 valence electrons. The van der Waals surface area contributed by atoms with Gasteiger partial charge in [-0.25, -0.2) is 0 Å². The van der Waals surface area contributed by atoms with Crippen molar-refractivity contribution in [2.45, 2.75) is 20.3 Å². The van der Waals surface area contributed by atoms with E-state index in [1.807, 2.05) is 0 Å². The zero-order chi connectivity index (χ0) is 12.8. The zero-order valence-corrected chi connectivity index (χ0v) is 10.4. The molecule has 5 heteroatoms. The van der Waals surface area contributed by atoms with Gasteiger partial charge in [-0.1, -0.05) is 13.8 Å². The van der Waals surface area contributed by atoms with Gasteiger partial charge < -0.3 is 10.1 Å². The van der Waals surface area contributed by atoms with E-state index < -0.39 is 4.92 Å². The number of anilines is 1. The van der Waals surface area contributed by atoms with E-state index >= 15 is 0 Å². The maximum Gasteiger partial charge on any atom is 0.273 e. The summed E-state index contributed by atoms with van der Waals surface area (Å²) in [5, 5.41) is 13.8. The van der Waals surface area contributed by atoms with Crippen molar-refractivity contribution in [3.63, 3.8) is 0 Å². The molecule has 1 N–H and O–H groups in total. The number of nitrogens with one attached hydrogen (secondary N) is 1. The van der Waals surface area contributed by atoms with Gasteiger partial charge in [0, 0.05) is 12.6 Å². The molecule has 0 spiro atoms. The Hall–Kier alpha value is -1.78. The number of nitro groups is 1. The summed E-state index contributed by atoms with van der Waals surface area (Å²) < 4.78 is 5.13. The molecule has 1 aromatic carbocycles. The minimum absolute atomic E-state index is 0.0382. The van der Waals surface area contributed by atoms with Gasteiger partial charge in [0.2, 0.25) is 0 Å². The van der Waals surface area contributed by atoms with E-state index in [4.69, 9.17) is 4.74 Å². The van der Waals surface area contributed by atoms with Gasteiger partial charge >= 0.3 is 0 Å². The molecule has 0 aromatic heterocycles. The number of nitro benzene ring substituents is 1. The highest BCUT2D eigenvalue weighted by molar-refractivity contribution is 5.60. The Morgan fingerprint density at radius 2 is 2.18 bits per heavy atom. The normalized spacial score (nSPS) is 10.4. The quantitative estimate of drug-likeness (QED) is 0.611. The smallest absolute Gasteiger partial charge is 0.273 e. The number of benzene rings is 1. The van der Waals surface area contributed by atoms with Crippen LogP contribution in [0.4, 0.5) is 11.4 Å². The predicted octanol–water partition coefficient (Wildman–Crippen LogP) is 3.06. The largest absolute Gasteiger partial charge is 0.494 e. The molecule has 0 saturated heterocycles. The second-order valence-corrected chi connectivity index (χ2v) is 4.25. The average molecular weight is 238 g/mol. The summed E-state index contributed by atoms with van der Waals surface area (Å²) >= 11 is 0. The minimum atomic E-state index is -0.430. The summed E-state index contributed by atoms with van der Waals surface area (Å²) in [7, 11) is 1.51. The molecule has 0 amide bonds. The van der Waals surface area contributed by atoms with Gasteiger partial charge in [0.15, 0.2) is 0 Å². The van der Waals surface area contributed by atoms with Gasteiger partial charge in [-0.05, 0) is 18.4 Å². The van der Waals surface area contributed by atoms with Crippen LogP contribution in [0.1, 0.15) is 20.3 Å². The SMILES string of the molecule is COc1cc([N+](=O)[O-])ccc1NCCC(C)C. The molecule has 0 unspecified atom stereocenters. The molecular weight excluding hydrogens is 220 g/mol. The Kier molecular flexibility index (Phi) is 4.75. The number of hydrogen-bond donors (Lipinski definition) is 1. The highest BCUT2D eigenvalue weighted by Crippen LogP contribution is 2.28. The third-order valence-corrected chi connectivity index (χ3v) is 2.43. The van der Waals surface area contributed by atoms with Crippen LogP contribution in [0.25, 0.3) is 0 Å². The molecule has 0 saturated carbocycles. The Morgan fingerprint density at radius 1 is 1.47 bits per heavy atom. The first-order valence-corrected chi connectivity index (χ1v) is 5.61. The van der Waals surface area contributed by atoms with E-state index in [-0.39, 0.29) is 5.69 Å². The van der Waals surface area contributed by atoms with Crippen LogP contribution in [-0.2, 0) is 0 Å². The van der Waals surface area contributed by atoms with Crippen molar-refractivity contribution in [1.29, 1.82) is 0 Å². The molecule has 17 heavy (non-hydrogen) atoms. The van der Waals surface area contributed by atoms with Crippen LogP contribution in [0.5, 0.6) is 5.75 Å². The molecule has 0 bridgehead atoms. The average Bonchev–Trinajstić information content (AvgIpc) is 2.28. The minimum Gasteiger partial charge on any atom is -0.494 e. The third kappa shape index (κ3) is 3.94. The molecule has 0 aliphatic carbocycles. The van der Waals surface area contributed by atoms with Gasteiger partial charge in [0.1, 0.15) is 5.75 Å². The first-order chi connectivity index (χ1) is 8.04. The highest BCUT2D eigenvalue weighted by atomic mass is 16.6. The van der Waals surface area contributed by atoms with Crippen LogP contribution < -0.4 is 10.1 Å². The van der Waals surface area contributed by atoms with E-state index in [9.17, 15) is 10.1 Å². The number of hydrogen-bond acceptors (Lipinski definition) is 4. The molecule has 0 heterocycles. The summed E-state index contributed by atoms with van der Waals surface area (Å²) in [4.78, 5) is 10.2. The molecule has 0 fully saturated rings. The Labute approximate surface area is 101 Å². The van der Waals surface area contributed by atoms with Crippen molar-refractivity contribution < 1.29 is 9.66 Å². The van der Waals surface area contributed by atoms with Gasteiger partial charge in [-0.2, -0.15) is 0 Å². The summed E-state index contributed by atoms with van der Waals surface area (Å²) in [6, 6.07) is 4.58. The zero-order valence-electron chi connectivity index (χ0n) is 10.4. The van der Waals surface area contributed by atoms with Crippen molar-refractivity contribution in [2.24, 2.45) is 5.92 Å². The van der Waals surface area contributed by atoms with Crippen LogP contribution in [0.3, 0.4) is 0 Å². The van der Waals surface area contributed by atoms with Gasteiger partial charge in [0.05, 0.1) is 23.8 Å². The van der Waals surface area contributed by atoms with Crippen molar-refractivity contribution in [2.75, 3.05) is 19.0 Å². The van der Waals surface area contributed by atoms with Gasteiger partial charge in [-0.3, -0.25) is 10.1 Å². The van der Waals surface area contributed by atoms with Gasteiger partial charge in [0.25, 0.3) is 5.69 Å². The van der Waals surface area contributed by atoms with E-state index in [2.05, 4.69) is 19.2 Å². The summed E-state index contributed by atoms with van der Waals surface area (Å²) in [5.74, 6) is 1.12. The number of methoxy groups -OCH3 is 1. The number of nitrogens with zero attached hydrogens (tertiary/aromatic N) is 1. The molecule has 5 nitrogen and oxygen atoms in total. The van der Waals surface area contributed by atoms with Crippen LogP contribution in [-0.4, -0.2) is 18.6 Å². The van der Waals surface area contributed by atoms with E-state index in [0.29, 0.717) is 11.7 Å².